The number of nitrogens with zero attached hydrogens (tertiary/aromatic N) is 1. The van der Waals surface area contributed by atoms with Gasteiger partial charge in [-0.3, -0.25) is 4.79 Å². The average molecular weight is 544 g/mol. The number of hydrogen-bond donors (Lipinski definition) is 1. The number of anilines is 1. The number of carbonyl (C=O) groups excluding carboxylic acids is 1. The molecule has 8 heteroatoms. The maximum Gasteiger partial charge on any atom is 0.228 e. The summed E-state index contributed by atoms with van der Waals surface area (Å²) in [6.45, 7) is 5.87. The molecule has 1 amide bonds. The Morgan fingerprint density at radius 1 is 1.03 bits per heavy atom. The van der Waals surface area contributed by atoms with E-state index >= 15 is 0 Å². The minimum absolute atomic E-state index is 0.0182. The molecule has 3 aromatic carbocycles. The fourth-order valence-corrected chi connectivity index (χ4v) is 5.42. The van der Waals surface area contributed by atoms with Gasteiger partial charge in [-0.2, -0.15) is 5.26 Å². The van der Waals surface area contributed by atoms with E-state index in [0.29, 0.717) is 38.3 Å². The molecule has 3 rings (SSSR count). The summed E-state index contributed by atoms with van der Waals surface area (Å²) in [5.41, 5.74) is 4.03. The number of rotatable bonds is 9. The van der Waals surface area contributed by atoms with Crippen molar-refractivity contribution in [3.8, 4) is 17.2 Å². The van der Waals surface area contributed by atoms with Crippen LogP contribution < -0.4 is 5.32 Å². The molecule has 5 nitrogen and oxygen atoms in total. The maximum absolute atomic E-state index is 12.6. The minimum Gasteiger partial charge on any atom is -0.326 e. The Labute approximate surface area is 223 Å². The number of halogens is 2. The third-order valence-corrected chi connectivity index (χ3v) is 8.48. The fourth-order valence-electron chi connectivity index (χ4n) is 3.83. The SMILES string of the molecule is CCC(C)Cc1ccc(-c2c(Cl)cc(NC(=O)Cc3ccc(S(=O)(=O)CC)cc3)cc2Cl)cc1C#N. The van der Waals surface area contributed by atoms with E-state index in [1.54, 1.807) is 37.3 Å². The number of hydrogen-bond acceptors (Lipinski definition) is 4. The van der Waals surface area contributed by atoms with Crippen LogP contribution in [0.3, 0.4) is 0 Å². The summed E-state index contributed by atoms with van der Waals surface area (Å²) in [7, 11) is -3.29. The zero-order valence-corrected chi connectivity index (χ0v) is 22.8. The van der Waals surface area contributed by atoms with E-state index in [9.17, 15) is 18.5 Å². The van der Waals surface area contributed by atoms with Crippen molar-refractivity contribution in [1.82, 2.24) is 0 Å². The van der Waals surface area contributed by atoms with Crippen LogP contribution in [0.25, 0.3) is 11.1 Å². The maximum atomic E-state index is 12.6. The summed E-state index contributed by atoms with van der Waals surface area (Å²) in [5, 5.41) is 13.1. The predicted octanol–water partition coefficient (Wildman–Crippen LogP) is 7.10. The van der Waals surface area contributed by atoms with Gasteiger partial charge in [-0.25, -0.2) is 8.42 Å². The summed E-state index contributed by atoms with van der Waals surface area (Å²) in [4.78, 5) is 12.8. The van der Waals surface area contributed by atoms with Crippen molar-refractivity contribution in [3.05, 3.63) is 81.3 Å². The highest BCUT2D eigenvalue weighted by molar-refractivity contribution is 7.91. The van der Waals surface area contributed by atoms with Gasteiger partial charge in [-0.05, 0) is 59.4 Å². The molecule has 0 heterocycles. The van der Waals surface area contributed by atoms with E-state index in [0.717, 1.165) is 24.0 Å². The molecule has 1 N–H and O–H groups in total. The Balaban J connectivity index is 1.77. The van der Waals surface area contributed by atoms with E-state index in [2.05, 4.69) is 25.2 Å². The third kappa shape index (κ3) is 6.67. The van der Waals surface area contributed by atoms with Crippen molar-refractivity contribution in [2.75, 3.05) is 11.1 Å². The quantitative estimate of drug-likeness (QED) is 0.312. The number of carbonyl (C=O) groups is 1. The Morgan fingerprint density at radius 2 is 1.67 bits per heavy atom. The Hall–Kier alpha value is -2.85. The van der Waals surface area contributed by atoms with Crippen LogP contribution in [0.2, 0.25) is 10.0 Å². The van der Waals surface area contributed by atoms with Crippen LogP contribution in [0.5, 0.6) is 0 Å². The molecule has 188 valence electrons. The molecule has 0 spiro atoms. The van der Waals surface area contributed by atoms with Crippen LogP contribution in [0, 0.1) is 17.2 Å². The summed E-state index contributed by atoms with van der Waals surface area (Å²) in [5.74, 6) is 0.201. The predicted molar refractivity (Wildman–Crippen MR) is 146 cm³/mol. The Morgan fingerprint density at radius 3 is 2.22 bits per heavy atom. The van der Waals surface area contributed by atoms with Gasteiger partial charge >= 0.3 is 0 Å². The smallest absolute Gasteiger partial charge is 0.228 e. The molecule has 0 bridgehead atoms. The van der Waals surface area contributed by atoms with Crippen LogP contribution in [-0.2, 0) is 27.5 Å². The van der Waals surface area contributed by atoms with Gasteiger partial charge in [-0.1, -0.05) is 74.7 Å². The highest BCUT2D eigenvalue weighted by Crippen LogP contribution is 2.38. The Kier molecular flexibility index (Phi) is 9.19. The van der Waals surface area contributed by atoms with Crippen molar-refractivity contribution < 1.29 is 13.2 Å². The lowest BCUT2D eigenvalue weighted by Crippen LogP contribution is -2.14. The first-order valence-electron chi connectivity index (χ1n) is 11.7. The second-order valence-corrected chi connectivity index (χ2v) is 11.9. The van der Waals surface area contributed by atoms with E-state index in [-0.39, 0.29) is 23.0 Å². The molecule has 0 fully saturated rings. The molecule has 0 aliphatic rings. The van der Waals surface area contributed by atoms with Crippen LogP contribution in [0.4, 0.5) is 5.69 Å². The lowest BCUT2D eigenvalue weighted by molar-refractivity contribution is -0.115. The van der Waals surface area contributed by atoms with Gasteiger partial charge in [0.15, 0.2) is 9.84 Å². The van der Waals surface area contributed by atoms with Gasteiger partial charge in [0.05, 0.1) is 38.7 Å². The topological polar surface area (TPSA) is 87.0 Å². The second kappa shape index (κ2) is 11.9. The van der Waals surface area contributed by atoms with E-state index in [1.165, 1.54) is 12.1 Å². The minimum atomic E-state index is -3.29. The van der Waals surface area contributed by atoms with Crippen LogP contribution >= 0.6 is 23.2 Å². The van der Waals surface area contributed by atoms with Gasteiger partial charge in [0.1, 0.15) is 0 Å². The summed E-state index contributed by atoms with van der Waals surface area (Å²) in [6, 6.07) is 17.4. The molecule has 0 saturated heterocycles. The van der Waals surface area contributed by atoms with E-state index < -0.39 is 9.84 Å². The zero-order chi connectivity index (χ0) is 26.5. The summed E-state index contributed by atoms with van der Waals surface area (Å²) in [6.07, 6.45) is 1.92. The van der Waals surface area contributed by atoms with Gasteiger partial charge < -0.3 is 5.32 Å². The highest BCUT2D eigenvalue weighted by atomic mass is 35.5. The fraction of sp³-hybridized carbons (Fsp3) is 0.286. The molecule has 0 aliphatic heterocycles. The van der Waals surface area contributed by atoms with Crippen molar-refractivity contribution in [2.24, 2.45) is 5.92 Å². The molecular formula is C28H28Cl2N2O3S. The molecule has 0 radical (unpaired) electrons. The second-order valence-electron chi connectivity index (χ2n) is 8.79. The molecule has 36 heavy (non-hydrogen) atoms. The van der Waals surface area contributed by atoms with Crippen LogP contribution in [-0.4, -0.2) is 20.1 Å². The van der Waals surface area contributed by atoms with E-state index in [1.807, 2.05) is 12.1 Å². The number of benzene rings is 3. The zero-order valence-electron chi connectivity index (χ0n) is 20.4. The summed E-state index contributed by atoms with van der Waals surface area (Å²) < 4.78 is 23.9. The first-order chi connectivity index (χ1) is 17.1. The van der Waals surface area contributed by atoms with Gasteiger partial charge in [0.25, 0.3) is 0 Å². The highest BCUT2D eigenvalue weighted by Gasteiger charge is 2.16. The molecule has 1 unspecified atom stereocenters. The molecule has 0 aromatic heterocycles. The summed E-state index contributed by atoms with van der Waals surface area (Å²) >= 11 is 13.1. The Bertz CT molecular complexity index is 1390. The number of amides is 1. The van der Waals surface area contributed by atoms with Gasteiger partial charge in [0, 0.05) is 11.3 Å². The van der Waals surface area contributed by atoms with Crippen molar-refractivity contribution >= 4 is 44.6 Å². The van der Waals surface area contributed by atoms with Crippen molar-refractivity contribution in [3.63, 3.8) is 0 Å². The molecule has 1 atom stereocenters. The van der Waals surface area contributed by atoms with Crippen LogP contribution in [0.1, 0.15) is 43.9 Å². The first-order valence-corrected chi connectivity index (χ1v) is 14.1. The average Bonchev–Trinajstić information content (AvgIpc) is 2.84. The van der Waals surface area contributed by atoms with E-state index in [4.69, 9.17) is 23.2 Å². The number of sulfone groups is 1. The van der Waals surface area contributed by atoms with Crippen molar-refractivity contribution in [1.29, 1.82) is 5.26 Å². The standard InChI is InChI=1S/C28H28Cl2N2O3S/c1-4-18(3)12-20-8-9-21(14-22(20)17-31)28-25(29)15-23(16-26(28)30)32-27(33)13-19-6-10-24(11-7-19)36(34,35)5-2/h6-11,14-16,18H,4-5,12-13H2,1-3H3,(H,32,33). The van der Waals surface area contributed by atoms with Gasteiger partial charge in [0.2, 0.25) is 5.91 Å². The number of nitrogens with one attached hydrogen (secondary N) is 1. The molecule has 0 aliphatic carbocycles. The van der Waals surface area contributed by atoms with Gasteiger partial charge in [-0.15, -0.1) is 0 Å². The molecule has 3 aromatic rings. The lowest BCUT2D eigenvalue weighted by Gasteiger charge is -2.14. The largest absolute Gasteiger partial charge is 0.326 e. The lowest BCUT2D eigenvalue weighted by atomic mass is 9.93. The normalized spacial score (nSPS) is 12.1. The number of nitriles is 1. The van der Waals surface area contributed by atoms with Crippen molar-refractivity contribution in [2.45, 2.75) is 44.9 Å². The van der Waals surface area contributed by atoms with Crippen LogP contribution in [0.15, 0.2) is 59.5 Å². The first kappa shape index (κ1) is 27.7. The third-order valence-electron chi connectivity index (χ3n) is 6.14. The molecule has 0 saturated carbocycles. The monoisotopic (exact) mass is 542 g/mol. The molecular weight excluding hydrogens is 515 g/mol.